The maximum Gasteiger partial charge on any atom is 0.349 e. The molecule has 1 aliphatic rings. The highest BCUT2D eigenvalue weighted by atomic mass is 16.6. The molecule has 1 aliphatic heterocycles. The van der Waals surface area contributed by atoms with Crippen molar-refractivity contribution in [3.05, 3.63) is 57.6 Å². The number of carbonyl (C=O) groups is 1. The van der Waals surface area contributed by atoms with Gasteiger partial charge in [-0.3, -0.25) is 4.79 Å². The van der Waals surface area contributed by atoms with Crippen molar-refractivity contribution in [2.75, 3.05) is 13.2 Å². The molecule has 1 unspecified atom stereocenters. The SMILES string of the molecule is CCCCNC(=O)c1c(C)cc(C2COc3ccccc3O2)oc1=O. The first-order valence-corrected chi connectivity index (χ1v) is 8.41. The minimum Gasteiger partial charge on any atom is -0.485 e. The van der Waals surface area contributed by atoms with Gasteiger partial charge < -0.3 is 19.2 Å². The van der Waals surface area contributed by atoms with E-state index in [9.17, 15) is 9.59 Å². The Bertz CT molecular complexity index is 827. The lowest BCUT2D eigenvalue weighted by atomic mass is 10.1. The van der Waals surface area contributed by atoms with Gasteiger partial charge in [-0.25, -0.2) is 4.79 Å². The van der Waals surface area contributed by atoms with E-state index in [4.69, 9.17) is 13.9 Å². The van der Waals surface area contributed by atoms with Gasteiger partial charge >= 0.3 is 5.63 Å². The van der Waals surface area contributed by atoms with E-state index in [2.05, 4.69) is 5.32 Å². The summed E-state index contributed by atoms with van der Waals surface area (Å²) in [6.45, 7) is 4.52. The molecule has 0 saturated heterocycles. The van der Waals surface area contributed by atoms with Crippen molar-refractivity contribution >= 4 is 5.91 Å². The summed E-state index contributed by atoms with van der Waals surface area (Å²) in [7, 11) is 0. The number of hydrogen-bond donors (Lipinski definition) is 1. The number of nitrogens with one attached hydrogen (secondary N) is 1. The van der Waals surface area contributed by atoms with Crippen LogP contribution in [0.1, 0.15) is 47.6 Å². The summed E-state index contributed by atoms with van der Waals surface area (Å²) in [6.07, 6.45) is 1.30. The number of amides is 1. The predicted molar refractivity (Wildman–Crippen MR) is 92.3 cm³/mol. The fourth-order valence-electron chi connectivity index (χ4n) is 2.69. The number of carbonyl (C=O) groups excluding carboxylic acids is 1. The number of aryl methyl sites for hydroxylation is 1. The van der Waals surface area contributed by atoms with Crippen LogP contribution < -0.4 is 20.4 Å². The maximum atomic E-state index is 12.3. The highest BCUT2D eigenvalue weighted by Gasteiger charge is 2.26. The minimum atomic E-state index is -0.661. The van der Waals surface area contributed by atoms with Crippen LogP contribution in [0.25, 0.3) is 0 Å². The van der Waals surface area contributed by atoms with Gasteiger partial charge in [0.2, 0.25) is 0 Å². The maximum absolute atomic E-state index is 12.3. The van der Waals surface area contributed by atoms with Crippen LogP contribution in [-0.4, -0.2) is 19.1 Å². The molecule has 0 fully saturated rings. The van der Waals surface area contributed by atoms with Crippen molar-refractivity contribution in [2.45, 2.75) is 32.8 Å². The molecule has 1 atom stereocenters. The van der Waals surface area contributed by atoms with Crippen molar-refractivity contribution < 1.29 is 18.7 Å². The second-order valence-electron chi connectivity index (χ2n) is 5.97. The third-order valence-corrected chi connectivity index (χ3v) is 4.04. The summed E-state index contributed by atoms with van der Waals surface area (Å²) in [5, 5.41) is 2.74. The van der Waals surface area contributed by atoms with E-state index in [0.29, 0.717) is 29.4 Å². The fraction of sp³-hybridized carbons (Fsp3) is 0.368. The Kier molecular flexibility index (Phi) is 5.07. The molecule has 0 aliphatic carbocycles. The summed E-state index contributed by atoms with van der Waals surface area (Å²) in [6, 6.07) is 8.98. The normalized spacial score (nSPS) is 15.7. The van der Waals surface area contributed by atoms with Crippen LogP contribution in [0, 0.1) is 6.92 Å². The highest BCUT2D eigenvalue weighted by Crippen LogP contribution is 2.35. The summed E-state index contributed by atoms with van der Waals surface area (Å²) in [5.41, 5.74) is -0.0638. The van der Waals surface area contributed by atoms with Gasteiger partial charge in [0.1, 0.15) is 12.2 Å². The Hall–Kier alpha value is -2.76. The molecule has 0 saturated carbocycles. The van der Waals surface area contributed by atoms with Gasteiger partial charge in [0.15, 0.2) is 23.4 Å². The minimum absolute atomic E-state index is 0.0389. The van der Waals surface area contributed by atoms with E-state index in [1.165, 1.54) is 0 Å². The Morgan fingerprint density at radius 3 is 2.76 bits per heavy atom. The van der Waals surface area contributed by atoms with Gasteiger partial charge in [-0.15, -0.1) is 0 Å². The third-order valence-electron chi connectivity index (χ3n) is 4.04. The highest BCUT2D eigenvalue weighted by molar-refractivity contribution is 5.95. The number of benzene rings is 1. The Morgan fingerprint density at radius 2 is 2.04 bits per heavy atom. The van der Waals surface area contributed by atoms with Gasteiger partial charge in [-0.1, -0.05) is 25.5 Å². The van der Waals surface area contributed by atoms with Crippen LogP contribution >= 0.6 is 0 Å². The van der Waals surface area contributed by atoms with E-state index in [0.717, 1.165) is 12.8 Å². The third kappa shape index (κ3) is 3.68. The van der Waals surface area contributed by atoms with Crippen molar-refractivity contribution in [1.82, 2.24) is 5.32 Å². The summed E-state index contributed by atoms with van der Waals surface area (Å²) < 4.78 is 16.8. The average Bonchev–Trinajstić information content (AvgIpc) is 2.61. The lowest BCUT2D eigenvalue weighted by molar-refractivity contribution is 0.0721. The molecular weight excluding hydrogens is 322 g/mol. The number of hydrogen-bond acceptors (Lipinski definition) is 5. The molecule has 2 heterocycles. The van der Waals surface area contributed by atoms with Crippen LogP contribution in [0.4, 0.5) is 0 Å². The Labute approximate surface area is 145 Å². The van der Waals surface area contributed by atoms with Crippen molar-refractivity contribution in [3.63, 3.8) is 0 Å². The average molecular weight is 343 g/mol. The van der Waals surface area contributed by atoms with E-state index >= 15 is 0 Å². The molecule has 6 nitrogen and oxygen atoms in total. The number of rotatable bonds is 5. The first-order chi connectivity index (χ1) is 12.1. The number of unbranched alkanes of at least 4 members (excludes halogenated alkanes) is 1. The molecule has 3 rings (SSSR count). The van der Waals surface area contributed by atoms with Crippen molar-refractivity contribution in [3.8, 4) is 11.5 Å². The van der Waals surface area contributed by atoms with Gasteiger partial charge in [-0.2, -0.15) is 0 Å². The smallest absolute Gasteiger partial charge is 0.349 e. The van der Waals surface area contributed by atoms with E-state index in [1.54, 1.807) is 19.1 Å². The second-order valence-corrected chi connectivity index (χ2v) is 5.97. The molecule has 1 amide bonds. The lowest BCUT2D eigenvalue weighted by Gasteiger charge is -2.25. The number of ether oxygens (including phenoxy) is 2. The van der Waals surface area contributed by atoms with Gasteiger partial charge in [0.25, 0.3) is 5.91 Å². The Balaban J connectivity index is 1.81. The first-order valence-electron chi connectivity index (χ1n) is 8.41. The van der Waals surface area contributed by atoms with Crippen LogP contribution in [0.5, 0.6) is 11.5 Å². The zero-order chi connectivity index (χ0) is 17.8. The van der Waals surface area contributed by atoms with Gasteiger partial charge in [-0.05, 0) is 37.1 Å². The molecule has 132 valence electrons. The quantitative estimate of drug-likeness (QED) is 0.845. The van der Waals surface area contributed by atoms with E-state index in [-0.39, 0.29) is 12.2 Å². The molecule has 1 N–H and O–H groups in total. The van der Waals surface area contributed by atoms with Crippen molar-refractivity contribution in [1.29, 1.82) is 0 Å². The van der Waals surface area contributed by atoms with E-state index in [1.807, 2.05) is 25.1 Å². The molecular formula is C19H21NO5. The molecule has 25 heavy (non-hydrogen) atoms. The zero-order valence-electron chi connectivity index (χ0n) is 14.3. The number of fused-ring (bicyclic) bond motifs is 1. The van der Waals surface area contributed by atoms with Gasteiger partial charge in [0.05, 0.1) is 0 Å². The molecule has 2 aromatic rings. The summed E-state index contributed by atoms with van der Waals surface area (Å²) >= 11 is 0. The standard InChI is InChI=1S/C19H21NO5/c1-3-4-9-20-18(21)17-12(2)10-15(25-19(17)22)16-11-23-13-7-5-6-8-14(13)24-16/h5-8,10,16H,3-4,9,11H2,1-2H3,(H,20,21). The predicted octanol–water partition coefficient (Wildman–Crippen LogP) is 2.99. The van der Waals surface area contributed by atoms with Crippen LogP contribution in [0.3, 0.4) is 0 Å². The molecule has 0 bridgehead atoms. The topological polar surface area (TPSA) is 77.8 Å². The van der Waals surface area contributed by atoms with E-state index < -0.39 is 17.6 Å². The van der Waals surface area contributed by atoms with Gasteiger partial charge in [0, 0.05) is 6.54 Å². The molecule has 0 radical (unpaired) electrons. The lowest BCUT2D eigenvalue weighted by Crippen LogP contribution is -2.31. The zero-order valence-corrected chi connectivity index (χ0v) is 14.3. The summed E-state index contributed by atoms with van der Waals surface area (Å²) in [4.78, 5) is 24.5. The van der Waals surface area contributed by atoms with Crippen LogP contribution in [0.2, 0.25) is 0 Å². The number of para-hydroxylation sites is 2. The first kappa shape index (κ1) is 17.1. The van der Waals surface area contributed by atoms with Crippen LogP contribution in [0.15, 0.2) is 39.5 Å². The molecule has 0 spiro atoms. The monoisotopic (exact) mass is 343 g/mol. The second kappa shape index (κ2) is 7.42. The molecule has 6 heteroatoms. The Morgan fingerprint density at radius 1 is 1.28 bits per heavy atom. The molecule has 1 aromatic carbocycles. The fourth-order valence-corrected chi connectivity index (χ4v) is 2.69. The molecule has 1 aromatic heterocycles. The summed E-state index contributed by atoms with van der Waals surface area (Å²) in [5.74, 6) is 1.20. The van der Waals surface area contributed by atoms with Crippen molar-refractivity contribution in [2.24, 2.45) is 0 Å². The largest absolute Gasteiger partial charge is 0.485 e. The van der Waals surface area contributed by atoms with Crippen LogP contribution in [-0.2, 0) is 0 Å².